The summed E-state index contributed by atoms with van der Waals surface area (Å²) in [6.07, 6.45) is 11.4. The minimum Gasteiger partial charge on any atom is -0.474 e. The lowest BCUT2D eigenvalue weighted by Crippen LogP contribution is -2.52. The average molecular weight is 612 g/mol. The fourth-order valence-corrected chi connectivity index (χ4v) is 9.50. The van der Waals surface area contributed by atoms with Crippen molar-refractivity contribution in [3.05, 3.63) is 88.8 Å². The molecule has 7 rings (SSSR count). The molecule has 0 bridgehead atoms. The molecule has 0 aromatic heterocycles. The van der Waals surface area contributed by atoms with E-state index in [1.807, 2.05) is 18.2 Å². The monoisotopic (exact) mass is 611 g/mol. The van der Waals surface area contributed by atoms with Crippen LogP contribution in [0.5, 0.6) is 0 Å². The number of fused-ring (bicyclic) bond motifs is 4. The van der Waals surface area contributed by atoms with Gasteiger partial charge in [-0.3, -0.25) is 0 Å². The van der Waals surface area contributed by atoms with Gasteiger partial charge in [0, 0.05) is 29.9 Å². The van der Waals surface area contributed by atoms with Gasteiger partial charge in [-0.25, -0.2) is 0 Å². The number of hydrogen-bond acceptors (Lipinski definition) is 5. The van der Waals surface area contributed by atoms with Gasteiger partial charge in [-0.05, 0) is 97.5 Å². The fourth-order valence-electron chi connectivity index (χ4n) is 9.50. The molecule has 0 radical (unpaired) electrons. The third-order valence-corrected chi connectivity index (χ3v) is 11.9. The van der Waals surface area contributed by atoms with E-state index in [1.165, 1.54) is 24.0 Å². The highest BCUT2D eigenvalue weighted by molar-refractivity contribution is 5.46. The molecule has 5 aliphatic rings. The number of anilines is 1. The smallest absolute Gasteiger partial charge is 0.187 e. The van der Waals surface area contributed by atoms with Gasteiger partial charge in [0.05, 0.1) is 19.3 Å². The largest absolute Gasteiger partial charge is 0.474 e. The Kier molecular flexibility index (Phi) is 8.42. The second-order valence-electron chi connectivity index (χ2n) is 15.7. The van der Waals surface area contributed by atoms with E-state index in [1.54, 1.807) is 11.1 Å². The SMILES string of the molecule is CC/C=C(\Nc1ccccc1)OCc1ccc(C2CC3(C)C(O)CCC3C3CCC4CC5(CCC4=C23)OCC(C)(C)CO5)cc1. The summed E-state index contributed by atoms with van der Waals surface area (Å²) in [5.41, 5.74) is 7.08. The number of para-hydroxylation sites is 1. The van der Waals surface area contributed by atoms with Crippen LogP contribution in [0.25, 0.3) is 0 Å². The van der Waals surface area contributed by atoms with Crippen LogP contribution in [-0.2, 0) is 20.8 Å². The van der Waals surface area contributed by atoms with E-state index in [0.717, 1.165) is 69.7 Å². The molecule has 2 aromatic carbocycles. The highest BCUT2D eigenvalue weighted by atomic mass is 16.7. The maximum atomic E-state index is 11.3. The van der Waals surface area contributed by atoms with Crippen LogP contribution in [0.1, 0.15) is 103 Å². The fraction of sp³-hybridized carbons (Fsp3) is 0.600. The predicted molar refractivity (Wildman–Crippen MR) is 179 cm³/mol. The number of hydrogen-bond donors (Lipinski definition) is 2. The van der Waals surface area contributed by atoms with E-state index in [2.05, 4.69) is 75.5 Å². The third-order valence-electron chi connectivity index (χ3n) is 11.9. The highest BCUT2D eigenvalue weighted by Crippen LogP contribution is 2.65. The van der Waals surface area contributed by atoms with Gasteiger partial charge >= 0.3 is 0 Å². The summed E-state index contributed by atoms with van der Waals surface area (Å²) in [5, 5.41) is 14.7. The van der Waals surface area contributed by atoms with Gasteiger partial charge in [0.25, 0.3) is 0 Å². The van der Waals surface area contributed by atoms with Crippen molar-refractivity contribution >= 4 is 5.69 Å². The zero-order chi connectivity index (χ0) is 31.2. The maximum absolute atomic E-state index is 11.3. The van der Waals surface area contributed by atoms with Gasteiger partial charge in [-0.2, -0.15) is 0 Å². The minimum absolute atomic E-state index is 0.0198. The van der Waals surface area contributed by atoms with Crippen molar-refractivity contribution in [3.63, 3.8) is 0 Å². The van der Waals surface area contributed by atoms with Gasteiger partial charge in [0.2, 0.25) is 0 Å². The molecule has 5 nitrogen and oxygen atoms in total. The molecule has 2 aromatic rings. The van der Waals surface area contributed by atoms with Crippen LogP contribution in [0.4, 0.5) is 5.69 Å². The van der Waals surface area contributed by atoms with Crippen LogP contribution >= 0.6 is 0 Å². The first-order valence-electron chi connectivity index (χ1n) is 17.6. The average Bonchev–Trinajstić information content (AvgIpc) is 3.35. The third kappa shape index (κ3) is 6.01. The normalized spacial score (nSPS) is 33.7. The van der Waals surface area contributed by atoms with Crippen molar-refractivity contribution in [3.8, 4) is 0 Å². The first kappa shape index (κ1) is 31.0. The summed E-state index contributed by atoms with van der Waals surface area (Å²) in [4.78, 5) is 0. The van der Waals surface area contributed by atoms with E-state index in [9.17, 15) is 5.11 Å². The van der Waals surface area contributed by atoms with Crippen LogP contribution < -0.4 is 5.32 Å². The first-order valence-corrected chi connectivity index (χ1v) is 17.6. The summed E-state index contributed by atoms with van der Waals surface area (Å²) >= 11 is 0. The lowest BCUT2D eigenvalue weighted by atomic mass is 9.52. The van der Waals surface area contributed by atoms with Gasteiger partial charge < -0.3 is 24.6 Å². The summed E-state index contributed by atoms with van der Waals surface area (Å²) in [6, 6.07) is 19.4. The van der Waals surface area contributed by atoms with Gasteiger partial charge in [-0.15, -0.1) is 0 Å². The molecule has 1 aliphatic heterocycles. The Hall–Kier alpha value is -2.60. The van der Waals surface area contributed by atoms with E-state index < -0.39 is 5.79 Å². The number of benzene rings is 2. The predicted octanol–water partition coefficient (Wildman–Crippen LogP) is 9.11. The summed E-state index contributed by atoms with van der Waals surface area (Å²) in [7, 11) is 0. The summed E-state index contributed by atoms with van der Waals surface area (Å²) in [5.74, 6) is 2.45. The van der Waals surface area contributed by atoms with Crippen molar-refractivity contribution in [2.45, 2.75) is 110 Å². The molecule has 1 saturated heterocycles. The molecule has 3 saturated carbocycles. The molecular weight excluding hydrogens is 558 g/mol. The Balaban J connectivity index is 1.13. The minimum atomic E-state index is -0.401. The molecule has 4 fully saturated rings. The lowest BCUT2D eigenvalue weighted by Gasteiger charge is -2.55. The lowest BCUT2D eigenvalue weighted by molar-refractivity contribution is -0.312. The summed E-state index contributed by atoms with van der Waals surface area (Å²) in [6.45, 7) is 11.1. The standard InChI is InChI=1S/C40H53NO4/c1-5-9-36(41-30-10-7-6-8-11-30)43-24-27-12-14-28(15-13-27)33-23-39(4)34(18-19-35(39)42)32-17-16-29-22-40(21-20-31(29)37(32)33)44-25-38(2,3)26-45-40/h6-15,29,32-35,41-42H,5,16-26H2,1-4H3/b36-9+. The van der Waals surface area contributed by atoms with E-state index in [-0.39, 0.29) is 16.9 Å². The molecule has 4 aliphatic carbocycles. The first-order chi connectivity index (χ1) is 21.7. The molecule has 1 heterocycles. The van der Waals surface area contributed by atoms with Crippen molar-refractivity contribution in [1.29, 1.82) is 0 Å². The Morgan fingerprint density at radius 3 is 2.44 bits per heavy atom. The quantitative estimate of drug-likeness (QED) is 0.242. The Labute approximate surface area is 270 Å². The van der Waals surface area contributed by atoms with Gasteiger partial charge in [-0.1, -0.05) is 81.3 Å². The number of aliphatic hydroxyl groups excluding tert-OH is 1. The molecule has 242 valence electrons. The molecule has 6 atom stereocenters. The van der Waals surface area contributed by atoms with Gasteiger partial charge in [0.1, 0.15) is 6.61 Å². The molecule has 6 unspecified atom stereocenters. The number of ether oxygens (including phenoxy) is 3. The van der Waals surface area contributed by atoms with E-state index in [4.69, 9.17) is 14.2 Å². The Morgan fingerprint density at radius 1 is 0.956 bits per heavy atom. The molecule has 1 spiro atoms. The maximum Gasteiger partial charge on any atom is 0.187 e. The van der Waals surface area contributed by atoms with Crippen molar-refractivity contribution in [2.24, 2.45) is 28.6 Å². The van der Waals surface area contributed by atoms with Gasteiger partial charge in [0.15, 0.2) is 11.7 Å². The van der Waals surface area contributed by atoms with Crippen LogP contribution in [0.3, 0.4) is 0 Å². The molecule has 2 N–H and O–H groups in total. The summed E-state index contributed by atoms with van der Waals surface area (Å²) < 4.78 is 19.3. The van der Waals surface area contributed by atoms with Crippen LogP contribution in [0.2, 0.25) is 0 Å². The number of nitrogens with one attached hydrogen (secondary N) is 1. The molecular formula is C40H53NO4. The molecule has 45 heavy (non-hydrogen) atoms. The number of rotatable bonds is 7. The van der Waals surface area contributed by atoms with Crippen molar-refractivity contribution < 1.29 is 19.3 Å². The second-order valence-corrected chi connectivity index (χ2v) is 15.7. The number of aliphatic hydroxyl groups is 1. The zero-order valence-corrected chi connectivity index (χ0v) is 27.8. The van der Waals surface area contributed by atoms with Crippen molar-refractivity contribution in [1.82, 2.24) is 0 Å². The zero-order valence-electron chi connectivity index (χ0n) is 27.8. The topological polar surface area (TPSA) is 60.0 Å². The Bertz CT molecular complexity index is 1400. The second kappa shape index (κ2) is 12.2. The van der Waals surface area contributed by atoms with E-state index >= 15 is 0 Å². The highest BCUT2D eigenvalue weighted by Gasteiger charge is 2.57. The Morgan fingerprint density at radius 2 is 1.71 bits per heavy atom. The molecule has 0 amide bonds. The van der Waals surface area contributed by atoms with Crippen LogP contribution in [0, 0.1) is 28.6 Å². The molecule has 5 heteroatoms. The van der Waals surface area contributed by atoms with Crippen LogP contribution in [0.15, 0.2) is 77.7 Å². The van der Waals surface area contributed by atoms with E-state index in [0.29, 0.717) is 30.3 Å². The van der Waals surface area contributed by atoms with Crippen LogP contribution in [-0.4, -0.2) is 30.2 Å². The van der Waals surface area contributed by atoms with Crippen molar-refractivity contribution in [2.75, 3.05) is 18.5 Å². The number of allylic oxidation sites excluding steroid dienone is 3.